The minimum absolute atomic E-state index is 0.371. The lowest BCUT2D eigenvalue weighted by Gasteiger charge is -2.21. The van der Waals surface area contributed by atoms with Crippen LogP contribution >= 0.6 is 12.2 Å². The van der Waals surface area contributed by atoms with Crippen LogP contribution in [0.3, 0.4) is 0 Å². The van der Waals surface area contributed by atoms with Crippen molar-refractivity contribution in [3.63, 3.8) is 0 Å². The number of nitrogens with zero attached hydrogens (tertiary/aromatic N) is 2. The highest BCUT2D eigenvalue weighted by atomic mass is 32.1. The summed E-state index contributed by atoms with van der Waals surface area (Å²) >= 11 is 5.07. The van der Waals surface area contributed by atoms with Crippen molar-refractivity contribution >= 4 is 28.7 Å². The second-order valence-electron chi connectivity index (χ2n) is 4.00. The zero-order valence-electron chi connectivity index (χ0n) is 10.8. The minimum Gasteiger partial charge on any atom is -0.495 e. The zero-order valence-corrected chi connectivity index (χ0v) is 11.6. The maximum atomic E-state index is 5.74. The Balaban J connectivity index is 2.37. The number of hydrogen-bond acceptors (Lipinski definition) is 4. The Bertz CT molecular complexity index is 583. The van der Waals surface area contributed by atoms with E-state index in [1.165, 1.54) is 0 Å². The van der Waals surface area contributed by atoms with Gasteiger partial charge in [-0.25, -0.2) is 4.98 Å². The van der Waals surface area contributed by atoms with Gasteiger partial charge in [-0.15, -0.1) is 0 Å². The molecule has 0 aliphatic heterocycles. The van der Waals surface area contributed by atoms with Crippen LogP contribution in [-0.4, -0.2) is 24.1 Å². The Morgan fingerprint density at radius 3 is 2.58 bits per heavy atom. The molecule has 19 heavy (non-hydrogen) atoms. The van der Waals surface area contributed by atoms with Gasteiger partial charge < -0.3 is 15.4 Å². The molecule has 0 aliphatic rings. The molecule has 98 valence electrons. The van der Waals surface area contributed by atoms with E-state index in [1.807, 2.05) is 48.3 Å². The number of aromatic nitrogens is 1. The van der Waals surface area contributed by atoms with Gasteiger partial charge >= 0.3 is 0 Å². The highest BCUT2D eigenvalue weighted by Crippen LogP contribution is 2.26. The lowest BCUT2D eigenvalue weighted by atomic mass is 10.1. The monoisotopic (exact) mass is 273 g/mol. The molecular weight excluding hydrogens is 258 g/mol. The number of rotatable bonds is 4. The van der Waals surface area contributed by atoms with Gasteiger partial charge in [0.25, 0.3) is 0 Å². The molecule has 2 N–H and O–H groups in total. The molecule has 5 heteroatoms. The normalized spacial score (nSPS) is 10.0. The van der Waals surface area contributed by atoms with Gasteiger partial charge in [-0.05, 0) is 24.3 Å². The number of benzene rings is 1. The van der Waals surface area contributed by atoms with Gasteiger partial charge in [0.05, 0.1) is 19.0 Å². The molecule has 2 rings (SSSR count). The third kappa shape index (κ3) is 2.82. The van der Waals surface area contributed by atoms with Gasteiger partial charge in [0.1, 0.15) is 16.6 Å². The molecule has 0 radical (unpaired) electrons. The standard InChI is InChI=1S/C14H15N3OS/c1-17(13-8-7-10(18-2)9-16-13)12-6-4-3-5-11(12)14(15)19/h3-9H,1-2H3,(H2,15,19). The van der Waals surface area contributed by atoms with Crippen molar-refractivity contribution in [3.8, 4) is 5.75 Å². The molecule has 0 fully saturated rings. The Kier molecular flexibility index (Phi) is 3.97. The van der Waals surface area contributed by atoms with Gasteiger partial charge in [-0.3, -0.25) is 0 Å². The van der Waals surface area contributed by atoms with Crippen LogP contribution < -0.4 is 15.4 Å². The number of pyridine rings is 1. The van der Waals surface area contributed by atoms with Crippen molar-refractivity contribution in [2.24, 2.45) is 5.73 Å². The highest BCUT2D eigenvalue weighted by Gasteiger charge is 2.11. The van der Waals surface area contributed by atoms with Crippen LogP contribution in [-0.2, 0) is 0 Å². The van der Waals surface area contributed by atoms with Crippen molar-refractivity contribution < 1.29 is 4.74 Å². The van der Waals surface area contributed by atoms with Crippen LogP contribution in [0, 0.1) is 0 Å². The van der Waals surface area contributed by atoms with Crippen molar-refractivity contribution in [1.29, 1.82) is 0 Å². The third-order valence-corrected chi connectivity index (χ3v) is 3.05. The molecule has 4 nitrogen and oxygen atoms in total. The first kappa shape index (κ1) is 13.3. The summed E-state index contributed by atoms with van der Waals surface area (Å²) in [4.78, 5) is 6.65. The van der Waals surface area contributed by atoms with Crippen molar-refractivity contribution in [1.82, 2.24) is 4.98 Å². The molecule has 1 heterocycles. The number of hydrogen-bond donors (Lipinski definition) is 1. The predicted octanol–water partition coefficient (Wildman–Crippen LogP) is 2.49. The summed E-state index contributed by atoms with van der Waals surface area (Å²) in [5.41, 5.74) is 7.50. The fourth-order valence-electron chi connectivity index (χ4n) is 1.79. The molecule has 2 aromatic rings. The average Bonchev–Trinajstić information content (AvgIpc) is 2.46. The molecular formula is C14H15N3OS. The fraction of sp³-hybridized carbons (Fsp3) is 0.143. The number of anilines is 2. The van der Waals surface area contributed by atoms with Crippen LogP contribution in [0.15, 0.2) is 42.6 Å². The molecule has 0 unspecified atom stereocenters. The summed E-state index contributed by atoms with van der Waals surface area (Å²) in [7, 11) is 3.54. The molecule has 0 saturated carbocycles. The molecule has 0 spiro atoms. The number of para-hydroxylation sites is 1. The topological polar surface area (TPSA) is 51.4 Å². The van der Waals surface area contributed by atoms with Crippen LogP contribution in [0.4, 0.5) is 11.5 Å². The first-order valence-electron chi connectivity index (χ1n) is 5.76. The van der Waals surface area contributed by atoms with E-state index in [9.17, 15) is 0 Å². The molecule has 0 amide bonds. The van der Waals surface area contributed by atoms with Gasteiger partial charge in [0.2, 0.25) is 0 Å². The van der Waals surface area contributed by atoms with Gasteiger partial charge in [-0.2, -0.15) is 0 Å². The van der Waals surface area contributed by atoms with E-state index < -0.39 is 0 Å². The summed E-state index contributed by atoms with van der Waals surface area (Å²) < 4.78 is 5.09. The maximum Gasteiger partial charge on any atom is 0.137 e. The Labute approximate surface area is 117 Å². The second-order valence-corrected chi connectivity index (χ2v) is 4.44. The minimum atomic E-state index is 0.371. The van der Waals surface area contributed by atoms with E-state index in [0.29, 0.717) is 4.99 Å². The largest absolute Gasteiger partial charge is 0.495 e. The predicted molar refractivity (Wildman–Crippen MR) is 81.2 cm³/mol. The Morgan fingerprint density at radius 2 is 2.00 bits per heavy atom. The van der Waals surface area contributed by atoms with Gasteiger partial charge in [0, 0.05) is 12.6 Å². The van der Waals surface area contributed by atoms with Crippen LogP contribution in [0.5, 0.6) is 5.75 Å². The van der Waals surface area contributed by atoms with E-state index in [-0.39, 0.29) is 0 Å². The zero-order chi connectivity index (χ0) is 13.8. The smallest absolute Gasteiger partial charge is 0.137 e. The number of ether oxygens (including phenoxy) is 1. The highest BCUT2D eigenvalue weighted by molar-refractivity contribution is 7.80. The van der Waals surface area contributed by atoms with Gasteiger partial charge in [-0.1, -0.05) is 24.4 Å². The summed E-state index contributed by atoms with van der Waals surface area (Å²) in [5, 5.41) is 0. The summed E-state index contributed by atoms with van der Waals surface area (Å²) in [6, 6.07) is 11.5. The number of thiocarbonyl (C=S) groups is 1. The maximum absolute atomic E-state index is 5.74. The lowest BCUT2D eigenvalue weighted by molar-refractivity contribution is 0.413. The molecule has 0 aliphatic carbocycles. The SMILES string of the molecule is COc1ccc(N(C)c2ccccc2C(N)=S)nc1. The Morgan fingerprint density at radius 1 is 1.26 bits per heavy atom. The van der Waals surface area contributed by atoms with Gasteiger partial charge in [0.15, 0.2) is 0 Å². The van der Waals surface area contributed by atoms with E-state index in [0.717, 1.165) is 22.8 Å². The quantitative estimate of drug-likeness (QED) is 0.867. The van der Waals surface area contributed by atoms with Crippen LogP contribution in [0.25, 0.3) is 0 Å². The van der Waals surface area contributed by atoms with E-state index >= 15 is 0 Å². The molecule has 1 aromatic carbocycles. The summed E-state index contributed by atoms with van der Waals surface area (Å²) in [5.74, 6) is 1.52. The second kappa shape index (κ2) is 5.67. The van der Waals surface area contributed by atoms with E-state index in [2.05, 4.69) is 4.98 Å². The molecule has 0 bridgehead atoms. The number of nitrogens with two attached hydrogens (primary N) is 1. The first-order chi connectivity index (χ1) is 9.13. The summed E-state index contributed by atoms with van der Waals surface area (Å²) in [6.07, 6.45) is 1.68. The Hall–Kier alpha value is -2.14. The van der Waals surface area contributed by atoms with Crippen molar-refractivity contribution in [2.75, 3.05) is 19.1 Å². The van der Waals surface area contributed by atoms with Crippen molar-refractivity contribution in [3.05, 3.63) is 48.2 Å². The van der Waals surface area contributed by atoms with Crippen LogP contribution in [0.1, 0.15) is 5.56 Å². The third-order valence-electron chi connectivity index (χ3n) is 2.83. The number of methoxy groups -OCH3 is 1. The molecule has 0 atom stereocenters. The van der Waals surface area contributed by atoms with Crippen LogP contribution in [0.2, 0.25) is 0 Å². The van der Waals surface area contributed by atoms with E-state index in [4.69, 9.17) is 22.7 Å². The first-order valence-corrected chi connectivity index (χ1v) is 6.17. The molecule has 1 aromatic heterocycles. The average molecular weight is 273 g/mol. The van der Waals surface area contributed by atoms with Crippen molar-refractivity contribution in [2.45, 2.75) is 0 Å². The molecule has 0 saturated heterocycles. The van der Waals surface area contributed by atoms with E-state index in [1.54, 1.807) is 13.3 Å². The summed E-state index contributed by atoms with van der Waals surface area (Å²) in [6.45, 7) is 0. The fourth-order valence-corrected chi connectivity index (χ4v) is 1.96. The lowest BCUT2D eigenvalue weighted by Crippen LogP contribution is -2.18.